The second-order valence-electron chi connectivity index (χ2n) is 7.15. The molecule has 0 saturated heterocycles. The van der Waals surface area contributed by atoms with Gasteiger partial charge >= 0.3 is 0 Å². The van der Waals surface area contributed by atoms with Crippen LogP contribution in [0, 0.1) is 18.3 Å². The van der Waals surface area contributed by atoms with E-state index in [1.807, 2.05) is 62.4 Å². The molecule has 0 radical (unpaired) electrons. The van der Waals surface area contributed by atoms with Gasteiger partial charge in [-0.05, 0) is 66.4 Å². The van der Waals surface area contributed by atoms with Gasteiger partial charge in [0.1, 0.15) is 17.4 Å². The maximum atomic E-state index is 12.7. The number of carbonyl (C=O) groups excluding carboxylic acids is 1. The Hall–Kier alpha value is -3.07. The highest BCUT2D eigenvalue weighted by Crippen LogP contribution is 2.28. The SMILES string of the molecule is CCOc1cc(/C=C(\C#N)C(=O)Nc2cc(Cl)ccc2C)ccc1Cc1ccccc1Br. The molecule has 4 nitrogen and oxygen atoms in total. The first-order chi connectivity index (χ1) is 15.4. The van der Waals surface area contributed by atoms with Gasteiger partial charge in [-0.1, -0.05) is 63.9 Å². The molecule has 0 bridgehead atoms. The molecule has 0 saturated carbocycles. The molecule has 0 fully saturated rings. The summed E-state index contributed by atoms with van der Waals surface area (Å²) >= 11 is 9.61. The molecule has 32 heavy (non-hydrogen) atoms. The van der Waals surface area contributed by atoms with Crippen LogP contribution in [-0.4, -0.2) is 12.5 Å². The maximum Gasteiger partial charge on any atom is 0.266 e. The van der Waals surface area contributed by atoms with Crippen molar-refractivity contribution in [3.63, 3.8) is 0 Å². The molecule has 0 unspecified atom stereocenters. The van der Waals surface area contributed by atoms with E-state index in [0.29, 0.717) is 29.3 Å². The van der Waals surface area contributed by atoms with Crippen LogP contribution in [-0.2, 0) is 11.2 Å². The number of amides is 1. The Balaban J connectivity index is 1.87. The van der Waals surface area contributed by atoms with Crippen molar-refractivity contribution in [2.45, 2.75) is 20.3 Å². The van der Waals surface area contributed by atoms with Gasteiger partial charge in [0.15, 0.2) is 0 Å². The molecule has 0 aliphatic carbocycles. The van der Waals surface area contributed by atoms with Gasteiger partial charge in [0.05, 0.1) is 6.61 Å². The van der Waals surface area contributed by atoms with Crippen molar-refractivity contribution in [2.75, 3.05) is 11.9 Å². The van der Waals surface area contributed by atoms with Crippen LogP contribution in [0.3, 0.4) is 0 Å². The Bertz CT molecular complexity index is 1210. The minimum Gasteiger partial charge on any atom is -0.494 e. The van der Waals surface area contributed by atoms with Crippen molar-refractivity contribution in [3.05, 3.63) is 98.0 Å². The molecule has 1 amide bonds. The summed E-state index contributed by atoms with van der Waals surface area (Å²) in [6.45, 7) is 4.29. The van der Waals surface area contributed by atoms with Crippen molar-refractivity contribution in [1.29, 1.82) is 5.26 Å². The molecule has 0 atom stereocenters. The van der Waals surface area contributed by atoms with Crippen molar-refractivity contribution >= 4 is 45.2 Å². The number of benzene rings is 3. The second-order valence-corrected chi connectivity index (χ2v) is 8.44. The van der Waals surface area contributed by atoms with Crippen LogP contribution in [0.15, 0.2) is 70.7 Å². The normalized spacial score (nSPS) is 11.0. The molecule has 0 aliphatic heterocycles. The number of nitrogens with zero attached hydrogens (tertiary/aromatic N) is 1. The summed E-state index contributed by atoms with van der Waals surface area (Å²) in [4.78, 5) is 12.7. The van der Waals surface area contributed by atoms with Crippen LogP contribution >= 0.6 is 27.5 Å². The molecule has 0 aliphatic rings. The highest BCUT2D eigenvalue weighted by atomic mass is 79.9. The zero-order valence-corrected chi connectivity index (χ0v) is 20.1. The summed E-state index contributed by atoms with van der Waals surface area (Å²) in [6.07, 6.45) is 2.25. The lowest BCUT2D eigenvalue weighted by Gasteiger charge is -2.13. The number of aryl methyl sites for hydroxylation is 1. The minimum absolute atomic E-state index is 0.00891. The first kappa shape index (κ1) is 23.6. The Labute approximate surface area is 201 Å². The fourth-order valence-corrected chi connectivity index (χ4v) is 3.77. The van der Waals surface area contributed by atoms with E-state index in [0.717, 1.165) is 26.9 Å². The average Bonchev–Trinajstić information content (AvgIpc) is 2.77. The number of hydrogen-bond donors (Lipinski definition) is 1. The third-order valence-electron chi connectivity index (χ3n) is 4.85. The standard InChI is InChI=1S/C26H22BrClN2O2/c1-3-32-25-13-18(9-10-20(25)14-19-6-4-5-7-23(19)27)12-21(16-29)26(31)30-24-15-22(28)11-8-17(24)2/h4-13,15H,3,14H2,1-2H3,(H,30,31)/b21-12+. The van der Waals surface area contributed by atoms with Crippen molar-refractivity contribution in [2.24, 2.45) is 0 Å². The van der Waals surface area contributed by atoms with Crippen LogP contribution in [0.25, 0.3) is 6.08 Å². The average molecular weight is 510 g/mol. The number of halogens is 2. The lowest BCUT2D eigenvalue weighted by atomic mass is 10.0. The van der Waals surface area contributed by atoms with Crippen molar-refractivity contribution in [3.8, 4) is 11.8 Å². The van der Waals surface area contributed by atoms with Gasteiger partial charge in [0.25, 0.3) is 5.91 Å². The summed E-state index contributed by atoms with van der Waals surface area (Å²) in [5.41, 5.74) is 4.29. The summed E-state index contributed by atoms with van der Waals surface area (Å²) < 4.78 is 6.88. The van der Waals surface area contributed by atoms with Crippen LogP contribution in [0.5, 0.6) is 5.75 Å². The molecule has 3 aromatic rings. The quantitative estimate of drug-likeness (QED) is 0.277. The number of rotatable bonds is 7. The number of hydrogen-bond acceptors (Lipinski definition) is 3. The summed E-state index contributed by atoms with van der Waals surface area (Å²) in [5, 5.41) is 12.8. The second kappa shape index (κ2) is 11.0. The van der Waals surface area contributed by atoms with Gasteiger partial charge in [-0.15, -0.1) is 0 Å². The van der Waals surface area contributed by atoms with E-state index in [-0.39, 0.29) is 5.57 Å². The number of nitrogens with one attached hydrogen (secondary N) is 1. The van der Waals surface area contributed by atoms with E-state index in [2.05, 4.69) is 27.3 Å². The third-order valence-corrected chi connectivity index (χ3v) is 5.86. The largest absolute Gasteiger partial charge is 0.494 e. The topological polar surface area (TPSA) is 62.1 Å². The molecule has 3 aromatic carbocycles. The van der Waals surface area contributed by atoms with Gasteiger partial charge in [0.2, 0.25) is 0 Å². The van der Waals surface area contributed by atoms with E-state index in [9.17, 15) is 10.1 Å². The molecule has 0 aromatic heterocycles. The zero-order valence-electron chi connectivity index (χ0n) is 17.8. The Morgan fingerprint density at radius 3 is 2.66 bits per heavy atom. The summed E-state index contributed by atoms with van der Waals surface area (Å²) in [7, 11) is 0. The first-order valence-electron chi connectivity index (χ1n) is 10.1. The Morgan fingerprint density at radius 2 is 1.94 bits per heavy atom. The fourth-order valence-electron chi connectivity index (χ4n) is 3.18. The lowest BCUT2D eigenvalue weighted by molar-refractivity contribution is -0.112. The van der Waals surface area contributed by atoms with Crippen molar-refractivity contribution < 1.29 is 9.53 Å². The van der Waals surface area contributed by atoms with Gasteiger partial charge in [0, 0.05) is 21.6 Å². The molecule has 162 valence electrons. The fraction of sp³-hybridized carbons (Fsp3) is 0.154. The van der Waals surface area contributed by atoms with Gasteiger partial charge in [-0.2, -0.15) is 5.26 Å². The minimum atomic E-state index is -0.492. The molecule has 6 heteroatoms. The number of nitriles is 1. The smallest absolute Gasteiger partial charge is 0.266 e. The van der Waals surface area contributed by atoms with E-state index in [1.165, 1.54) is 0 Å². The van der Waals surface area contributed by atoms with Crippen LogP contribution in [0.1, 0.15) is 29.2 Å². The predicted octanol–water partition coefficient (Wildman–Crippen LogP) is 6.95. The van der Waals surface area contributed by atoms with Crippen LogP contribution < -0.4 is 10.1 Å². The third kappa shape index (κ3) is 6.00. The zero-order chi connectivity index (χ0) is 23.1. The van der Waals surface area contributed by atoms with Gasteiger partial charge < -0.3 is 10.1 Å². The maximum absolute atomic E-state index is 12.7. The summed E-state index contributed by atoms with van der Waals surface area (Å²) in [5.74, 6) is 0.230. The highest BCUT2D eigenvalue weighted by Gasteiger charge is 2.13. The molecule has 0 spiro atoms. The van der Waals surface area contributed by atoms with Gasteiger partial charge in [-0.3, -0.25) is 4.79 Å². The van der Waals surface area contributed by atoms with Crippen molar-refractivity contribution in [1.82, 2.24) is 0 Å². The van der Waals surface area contributed by atoms with Gasteiger partial charge in [-0.25, -0.2) is 0 Å². The van der Waals surface area contributed by atoms with E-state index in [4.69, 9.17) is 16.3 Å². The highest BCUT2D eigenvalue weighted by molar-refractivity contribution is 9.10. The van der Waals surface area contributed by atoms with E-state index < -0.39 is 5.91 Å². The van der Waals surface area contributed by atoms with Crippen LogP contribution in [0.4, 0.5) is 5.69 Å². The number of anilines is 1. The number of ether oxygens (including phenoxy) is 1. The molecule has 1 N–H and O–H groups in total. The monoisotopic (exact) mass is 508 g/mol. The number of carbonyl (C=O) groups is 1. The predicted molar refractivity (Wildman–Crippen MR) is 133 cm³/mol. The molecular weight excluding hydrogens is 488 g/mol. The summed E-state index contributed by atoms with van der Waals surface area (Å²) in [6, 6.07) is 20.9. The van der Waals surface area contributed by atoms with E-state index >= 15 is 0 Å². The van der Waals surface area contributed by atoms with E-state index in [1.54, 1.807) is 18.2 Å². The molecule has 3 rings (SSSR count). The Kier molecular flexibility index (Phi) is 8.10. The molecule has 0 heterocycles. The first-order valence-corrected chi connectivity index (χ1v) is 11.3. The Morgan fingerprint density at radius 1 is 1.16 bits per heavy atom. The van der Waals surface area contributed by atoms with Crippen LogP contribution in [0.2, 0.25) is 5.02 Å². The lowest BCUT2D eigenvalue weighted by Crippen LogP contribution is -2.14. The molecular formula is C26H22BrClN2O2.